The smallest absolute Gasteiger partial charge is 0.0162 e. The van der Waals surface area contributed by atoms with Gasteiger partial charge in [0, 0.05) is 0 Å². The van der Waals surface area contributed by atoms with E-state index in [-0.39, 0.29) is 0 Å². The van der Waals surface area contributed by atoms with Gasteiger partial charge in [0.1, 0.15) is 0 Å². The molecule has 2 aliphatic rings. The van der Waals surface area contributed by atoms with Gasteiger partial charge in [0.25, 0.3) is 0 Å². The summed E-state index contributed by atoms with van der Waals surface area (Å²) in [5, 5.41) is 0. The van der Waals surface area contributed by atoms with Crippen molar-refractivity contribution in [2.75, 3.05) is 0 Å². The second kappa shape index (κ2) is 22.1. The van der Waals surface area contributed by atoms with Crippen LogP contribution in [0.2, 0.25) is 0 Å². The molecule has 2 aliphatic carbocycles. The van der Waals surface area contributed by atoms with E-state index >= 15 is 0 Å². The first kappa shape index (κ1) is 36.3. The van der Waals surface area contributed by atoms with Crippen LogP contribution >= 0.6 is 0 Å². The van der Waals surface area contributed by atoms with E-state index in [0.717, 1.165) is 23.7 Å². The van der Waals surface area contributed by atoms with Crippen LogP contribution in [0.1, 0.15) is 208 Å². The summed E-state index contributed by atoms with van der Waals surface area (Å²) in [5.74, 6) is 3.59. The largest absolute Gasteiger partial charge is 0.0654 e. The molecule has 0 radical (unpaired) electrons. The van der Waals surface area contributed by atoms with Gasteiger partial charge < -0.3 is 0 Å². The van der Waals surface area contributed by atoms with Gasteiger partial charge in [0.05, 0.1) is 0 Å². The van der Waals surface area contributed by atoms with Gasteiger partial charge in [-0.05, 0) is 110 Å². The molecule has 4 rings (SSSR count). The van der Waals surface area contributed by atoms with E-state index in [4.69, 9.17) is 0 Å². The van der Waals surface area contributed by atoms with Crippen LogP contribution in [-0.2, 0) is 12.8 Å². The maximum Gasteiger partial charge on any atom is -0.0162 e. The summed E-state index contributed by atoms with van der Waals surface area (Å²) >= 11 is 0. The van der Waals surface area contributed by atoms with Gasteiger partial charge in [-0.3, -0.25) is 0 Å². The van der Waals surface area contributed by atoms with Crippen molar-refractivity contribution < 1.29 is 0 Å². The summed E-state index contributed by atoms with van der Waals surface area (Å²) in [6.07, 6.45) is 38.3. The number of hydrogen-bond acceptors (Lipinski definition) is 0. The lowest BCUT2D eigenvalue weighted by Gasteiger charge is -2.29. The molecule has 0 unspecified atom stereocenters. The quantitative estimate of drug-likeness (QED) is 0.116. The number of aryl methyl sites for hydroxylation is 2. The highest BCUT2D eigenvalue weighted by Crippen LogP contribution is 2.38. The zero-order valence-electron chi connectivity index (χ0n) is 30.0. The molecule has 2 saturated carbocycles. The van der Waals surface area contributed by atoms with E-state index in [0.29, 0.717) is 0 Å². The number of unbranched alkanes of at least 4 members (excludes halogenated alkanes) is 14. The van der Waals surface area contributed by atoms with Crippen molar-refractivity contribution in [1.29, 1.82) is 0 Å². The monoisotopic (exact) mass is 613 g/mol. The summed E-state index contributed by atoms with van der Waals surface area (Å²) in [4.78, 5) is 0. The molecule has 0 spiro atoms. The van der Waals surface area contributed by atoms with Crippen LogP contribution in [0.25, 0.3) is 0 Å². The highest BCUT2D eigenvalue weighted by atomic mass is 14.3. The molecule has 45 heavy (non-hydrogen) atoms. The highest BCUT2D eigenvalue weighted by molar-refractivity contribution is 5.27. The molecule has 0 bridgehead atoms. The van der Waals surface area contributed by atoms with Crippen LogP contribution < -0.4 is 0 Å². The third-order valence-electron chi connectivity index (χ3n) is 11.9. The van der Waals surface area contributed by atoms with Gasteiger partial charge >= 0.3 is 0 Å². The van der Waals surface area contributed by atoms with Crippen molar-refractivity contribution in [2.45, 2.75) is 199 Å². The maximum atomic E-state index is 2.48. The van der Waals surface area contributed by atoms with Crippen molar-refractivity contribution >= 4 is 0 Å². The average Bonchev–Trinajstić information content (AvgIpc) is 3.08. The third kappa shape index (κ3) is 14.4. The first-order chi connectivity index (χ1) is 22.2. The molecule has 252 valence electrons. The van der Waals surface area contributed by atoms with E-state index in [9.17, 15) is 0 Å². The minimum absolute atomic E-state index is 0.819. The number of hydrogen-bond donors (Lipinski definition) is 0. The lowest BCUT2D eigenvalue weighted by atomic mass is 9.77. The summed E-state index contributed by atoms with van der Waals surface area (Å²) < 4.78 is 0. The molecule has 2 fully saturated rings. The van der Waals surface area contributed by atoms with Gasteiger partial charge in [-0.1, -0.05) is 172 Å². The second-order valence-electron chi connectivity index (χ2n) is 15.7. The average molecular weight is 613 g/mol. The fourth-order valence-electron chi connectivity index (χ4n) is 8.58. The van der Waals surface area contributed by atoms with E-state index in [1.807, 2.05) is 0 Å². The minimum atomic E-state index is 0.819. The van der Waals surface area contributed by atoms with Crippen LogP contribution in [0.4, 0.5) is 0 Å². The first-order valence-corrected chi connectivity index (χ1v) is 20.4. The van der Waals surface area contributed by atoms with Crippen LogP contribution in [0.5, 0.6) is 0 Å². The van der Waals surface area contributed by atoms with E-state index < -0.39 is 0 Å². The number of rotatable bonds is 22. The fraction of sp³-hybridized carbons (Fsp3) is 0.733. The van der Waals surface area contributed by atoms with E-state index in [2.05, 4.69) is 62.4 Å². The SMILES string of the molecule is CCCCCCCCCCCCCC1CCC(c2ccc(CCCCCCCc3ccc(C4CCC(C)CC4)cc3)cc2)CC1. The molecule has 0 N–H and O–H groups in total. The first-order valence-electron chi connectivity index (χ1n) is 20.4. The minimum Gasteiger partial charge on any atom is -0.0654 e. The van der Waals surface area contributed by atoms with Gasteiger partial charge in [0.2, 0.25) is 0 Å². The maximum absolute atomic E-state index is 2.48. The van der Waals surface area contributed by atoms with Crippen LogP contribution in [0, 0.1) is 11.8 Å². The van der Waals surface area contributed by atoms with Crippen LogP contribution in [0.15, 0.2) is 48.5 Å². The second-order valence-corrected chi connectivity index (χ2v) is 15.7. The van der Waals surface area contributed by atoms with Crippen molar-refractivity contribution in [3.05, 3.63) is 70.8 Å². The normalized spacial score (nSPS) is 22.1. The Balaban J connectivity index is 0.971. The Bertz CT molecular complexity index is 968. The van der Waals surface area contributed by atoms with Gasteiger partial charge in [-0.25, -0.2) is 0 Å². The summed E-state index contributed by atoms with van der Waals surface area (Å²) in [5.41, 5.74) is 6.31. The molecule has 2 aromatic carbocycles. The molecule has 0 nitrogen and oxygen atoms in total. The lowest BCUT2D eigenvalue weighted by molar-refractivity contribution is 0.301. The van der Waals surface area contributed by atoms with Gasteiger partial charge in [0.15, 0.2) is 0 Å². The van der Waals surface area contributed by atoms with E-state index in [1.165, 1.54) is 173 Å². The molecule has 0 aliphatic heterocycles. The molecular formula is C45H72. The zero-order valence-corrected chi connectivity index (χ0v) is 30.0. The van der Waals surface area contributed by atoms with Crippen LogP contribution in [0.3, 0.4) is 0 Å². The standard InChI is InChI=1S/C45H72/c1-3-4-5-6-7-8-9-10-11-13-16-19-39-26-34-44(35-27-39)45-36-28-41(29-37-45)21-18-15-12-14-17-20-40-24-32-43(33-25-40)42-30-22-38(2)23-31-42/h24-25,28-29,32-33,36-39,42,44H,3-23,26-27,30-31,34-35H2,1-2H3. The molecule has 2 aromatic rings. The summed E-state index contributed by atoms with van der Waals surface area (Å²) in [7, 11) is 0. The van der Waals surface area contributed by atoms with Crippen LogP contribution in [-0.4, -0.2) is 0 Å². The lowest BCUT2D eigenvalue weighted by Crippen LogP contribution is -2.13. The third-order valence-corrected chi connectivity index (χ3v) is 11.9. The predicted molar refractivity (Wildman–Crippen MR) is 200 cm³/mol. The summed E-state index contributed by atoms with van der Waals surface area (Å²) in [6.45, 7) is 4.73. The van der Waals surface area contributed by atoms with Crippen molar-refractivity contribution in [2.24, 2.45) is 11.8 Å². The topological polar surface area (TPSA) is 0 Å². The van der Waals surface area contributed by atoms with Crippen molar-refractivity contribution in [1.82, 2.24) is 0 Å². The Morgan fingerprint density at radius 2 is 0.800 bits per heavy atom. The molecule has 0 saturated heterocycles. The van der Waals surface area contributed by atoms with E-state index in [1.54, 1.807) is 22.3 Å². The molecule has 0 atom stereocenters. The van der Waals surface area contributed by atoms with Crippen molar-refractivity contribution in [3.8, 4) is 0 Å². The fourth-order valence-corrected chi connectivity index (χ4v) is 8.58. The Morgan fingerprint density at radius 1 is 0.422 bits per heavy atom. The predicted octanol–water partition coefficient (Wildman–Crippen LogP) is 14.7. The highest BCUT2D eigenvalue weighted by Gasteiger charge is 2.22. The Labute approximate surface area is 281 Å². The summed E-state index contributed by atoms with van der Waals surface area (Å²) in [6, 6.07) is 19.6. The van der Waals surface area contributed by atoms with Crippen molar-refractivity contribution in [3.63, 3.8) is 0 Å². The molecule has 0 aromatic heterocycles. The Morgan fingerprint density at radius 3 is 1.24 bits per heavy atom. The number of benzene rings is 2. The van der Waals surface area contributed by atoms with Gasteiger partial charge in [-0.2, -0.15) is 0 Å². The van der Waals surface area contributed by atoms with Gasteiger partial charge in [-0.15, -0.1) is 0 Å². The molecule has 0 heterocycles. The zero-order chi connectivity index (χ0) is 31.4. The molecule has 0 heteroatoms. The molecule has 0 amide bonds. The Kier molecular flexibility index (Phi) is 17.8. The molecular weight excluding hydrogens is 540 g/mol. The Hall–Kier alpha value is -1.56.